The second-order valence-corrected chi connectivity index (χ2v) is 5.47. The standard InChI is InChI=1S/C17H17ClFNO3/c18-13-3-1-2-12(8-13)9-17(22)20-10-15(21)11-23-16-6-4-14(19)5-7-16/h1-8,15,21H,9-11H2,(H,20,22). The molecule has 0 bridgehead atoms. The first kappa shape index (κ1) is 17.2. The summed E-state index contributed by atoms with van der Waals surface area (Å²) in [5.74, 6) is -0.116. The Hall–Kier alpha value is -2.11. The molecule has 0 aromatic heterocycles. The number of aliphatic hydroxyl groups excluding tert-OH is 1. The zero-order chi connectivity index (χ0) is 16.7. The van der Waals surface area contributed by atoms with E-state index in [4.69, 9.17) is 16.3 Å². The van der Waals surface area contributed by atoms with Crippen LogP contribution in [0.1, 0.15) is 5.56 Å². The van der Waals surface area contributed by atoms with Crippen LogP contribution < -0.4 is 10.1 Å². The number of benzene rings is 2. The molecule has 2 N–H and O–H groups in total. The zero-order valence-corrected chi connectivity index (χ0v) is 13.1. The third kappa shape index (κ3) is 6.26. The van der Waals surface area contributed by atoms with Gasteiger partial charge >= 0.3 is 0 Å². The number of rotatable bonds is 7. The van der Waals surface area contributed by atoms with E-state index < -0.39 is 6.10 Å². The van der Waals surface area contributed by atoms with Crippen molar-refractivity contribution in [3.8, 4) is 5.75 Å². The van der Waals surface area contributed by atoms with Crippen molar-refractivity contribution < 1.29 is 19.0 Å². The summed E-state index contributed by atoms with van der Waals surface area (Å²) in [6.45, 7) is 0.0731. The smallest absolute Gasteiger partial charge is 0.224 e. The van der Waals surface area contributed by atoms with E-state index in [2.05, 4.69) is 5.32 Å². The molecule has 4 nitrogen and oxygen atoms in total. The molecule has 2 rings (SSSR count). The van der Waals surface area contributed by atoms with Crippen LogP contribution in [0.25, 0.3) is 0 Å². The van der Waals surface area contributed by atoms with Crippen LogP contribution in [0.4, 0.5) is 4.39 Å². The van der Waals surface area contributed by atoms with E-state index in [1.807, 2.05) is 0 Å². The van der Waals surface area contributed by atoms with Crippen LogP contribution in [0.5, 0.6) is 5.75 Å². The average Bonchev–Trinajstić information content (AvgIpc) is 2.52. The van der Waals surface area contributed by atoms with Gasteiger partial charge in [-0.2, -0.15) is 0 Å². The molecule has 23 heavy (non-hydrogen) atoms. The molecular weight excluding hydrogens is 321 g/mol. The second-order valence-electron chi connectivity index (χ2n) is 5.03. The summed E-state index contributed by atoms with van der Waals surface area (Å²) in [7, 11) is 0. The number of nitrogens with one attached hydrogen (secondary N) is 1. The van der Waals surface area contributed by atoms with E-state index in [0.717, 1.165) is 5.56 Å². The van der Waals surface area contributed by atoms with Gasteiger partial charge in [0.1, 0.15) is 24.3 Å². The Labute approximate surface area is 138 Å². The minimum absolute atomic E-state index is 0.00305. The van der Waals surface area contributed by atoms with Crippen molar-refractivity contribution in [2.45, 2.75) is 12.5 Å². The summed E-state index contributed by atoms with van der Waals surface area (Å²) in [6.07, 6.45) is -0.671. The Morgan fingerprint density at radius 2 is 2.00 bits per heavy atom. The Balaban J connectivity index is 1.70. The van der Waals surface area contributed by atoms with Gasteiger partial charge in [0.25, 0.3) is 0 Å². The van der Waals surface area contributed by atoms with Crippen LogP contribution >= 0.6 is 11.6 Å². The molecule has 0 radical (unpaired) electrons. The Kier molecular flexibility index (Phi) is 6.38. The largest absolute Gasteiger partial charge is 0.491 e. The molecule has 0 aliphatic carbocycles. The number of carbonyl (C=O) groups is 1. The van der Waals surface area contributed by atoms with Crippen LogP contribution in [0.15, 0.2) is 48.5 Å². The molecule has 2 aromatic carbocycles. The third-order valence-corrected chi connectivity index (χ3v) is 3.28. The van der Waals surface area contributed by atoms with Gasteiger partial charge < -0.3 is 15.2 Å². The van der Waals surface area contributed by atoms with Crippen LogP contribution in [-0.4, -0.2) is 30.3 Å². The first-order chi connectivity index (χ1) is 11.0. The van der Waals surface area contributed by atoms with Gasteiger partial charge in [-0.1, -0.05) is 23.7 Å². The first-order valence-corrected chi connectivity index (χ1v) is 7.48. The average molecular weight is 338 g/mol. The van der Waals surface area contributed by atoms with Gasteiger partial charge in [-0.15, -0.1) is 0 Å². The molecule has 0 spiro atoms. The van der Waals surface area contributed by atoms with Gasteiger partial charge in [0.2, 0.25) is 5.91 Å². The lowest BCUT2D eigenvalue weighted by Crippen LogP contribution is -2.36. The maximum absolute atomic E-state index is 12.7. The Morgan fingerprint density at radius 1 is 1.26 bits per heavy atom. The minimum atomic E-state index is -0.858. The highest BCUT2D eigenvalue weighted by Crippen LogP contribution is 2.12. The van der Waals surface area contributed by atoms with Crippen molar-refractivity contribution in [1.29, 1.82) is 0 Å². The molecule has 122 valence electrons. The number of amides is 1. The molecule has 0 aliphatic rings. The van der Waals surface area contributed by atoms with E-state index in [1.165, 1.54) is 24.3 Å². The van der Waals surface area contributed by atoms with Crippen molar-refractivity contribution in [1.82, 2.24) is 5.32 Å². The van der Waals surface area contributed by atoms with E-state index in [-0.39, 0.29) is 31.3 Å². The number of halogens is 2. The third-order valence-electron chi connectivity index (χ3n) is 3.04. The van der Waals surface area contributed by atoms with Gasteiger partial charge in [-0.3, -0.25) is 4.79 Å². The second kappa shape index (κ2) is 8.50. The van der Waals surface area contributed by atoms with E-state index in [9.17, 15) is 14.3 Å². The van der Waals surface area contributed by atoms with E-state index in [0.29, 0.717) is 10.8 Å². The topological polar surface area (TPSA) is 58.6 Å². The Morgan fingerprint density at radius 3 is 2.70 bits per heavy atom. The van der Waals surface area contributed by atoms with Gasteiger partial charge in [-0.05, 0) is 42.0 Å². The quantitative estimate of drug-likeness (QED) is 0.816. The first-order valence-electron chi connectivity index (χ1n) is 7.10. The molecule has 0 aliphatic heterocycles. The molecule has 1 unspecified atom stereocenters. The highest BCUT2D eigenvalue weighted by molar-refractivity contribution is 6.30. The summed E-state index contributed by atoms with van der Waals surface area (Å²) in [4.78, 5) is 11.8. The lowest BCUT2D eigenvalue weighted by molar-refractivity contribution is -0.121. The SMILES string of the molecule is O=C(Cc1cccc(Cl)c1)NCC(O)COc1ccc(F)cc1. The van der Waals surface area contributed by atoms with Gasteiger partial charge in [0.05, 0.1) is 6.42 Å². The monoisotopic (exact) mass is 337 g/mol. The predicted octanol–water partition coefficient (Wildman–Crippen LogP) is 2.58. The van der Waals surface area contributed by atoms with E-state index >= 15 is 0 Å². The van der Waals surface area contributed by atoms with E-state index in [1.54, 1.807) is 24.3 Å². The summed E-state index contributed by atoms with van der Waals surface area (Å²) in [5.41, 5.74) is 0.798. The number of carbonyl (C=O) groups excluding carboxylic acids is 1. The molecule has 2 aromatic rings. The highest BCUT2D eigenvalue weighted by atomic mass is 35.5. The van der Waals surface area contributed by atoms with Crippen molar-refractivity contribution in [3.05, 3.63) is 64.9 Å². The number of aliphatic hydroxyl groups is 1. The van der Waals surface area contributed by atoms with Crippen LogP contribution in [0, 0.1) is 5.82 Å². The van der Waals surface area contributed by atoms with Crippen molar-refractivity contribution >= 4 is 17.5 Å². The van der Waals surface area contributed by atoms with Crippen LogP contribution in [-0.2, 0) is 11.2 Å². The number of ether oxygens (including phenoxy) is 1. The molecule has 0 fully saturated rings. The summed E-state index contributed by atoms with van der Waals surface area (Å²) < 4.78 is 18.0. The van der Waals surface area contributed by atoms with Crippen molar-refractivity contribution in [2.75, 3.05) is 13.2 Å². The predicted molar refractivity (Wildman–Crippen MR) is 86.1 cm³/mol. The molecule has 1 amide bonds. The fourth-order valence-electron chi connectivity index (χ4n) is 1.91. The fraction of sp³-hybridized carbons (Fsp3) is 0.235. The maximum Gasteiger partial charge on any atom is 0.224 e. The molecular formula is C17H17ClFNO3. The molecule has 1 atom stereocenters. The summed E-state index contributed by atoms with van der Waals surface area (Å²) in [5, 5.41) is 13.0. The number of hydrogen-bond acceptors (Lipinski definition) is 3. The Bertz CT molecular complexity index is 649. The maximum atomic E-state index is 12.7. The highest BCUT2D eigenvalue weighted by Gasteiger charge is 2.09. The number of hydrogen-bond donors (Lipinski definition) is 2. The van der Waals surface area contributed by atoms with Gasteiger partial charge in [0.15, 0.2) is 0 Å². The van der Waals surface area contributed by atoms with Crippen molar-refractivity contribution in [3.63, 3.8) is 0 Å². The van der Waals surface area contributed by atoms with Crippen LogP contribution in [0.2, 0.25) is 5.02 Å². The molecule has 0 heterocycles. The summed E-state index contributed by atoms with van der Waals surface area (Å²) in [6, 6.07) is 12.5. The minimum Gasteiger partial charge on any atom is -0.491 e. The lowest BCUT2D eigenvalue weighted by atomic mass is 10.1. The fourth-order valence-corrected chi connectivity index (χ4v) is 2.12. The molecule has 0 saturated carbocycles. The zero-order valence-electron chi connectivity index (χ0n) is 12.3. The van der Waals surface area contributed by atoms with Crippen molar-refractivity contribution in [2.24, 2.45) is 0 Å². The van der Waals surface area contributed by atoms with Gasteiger partial charge in [-0.25, -0.2) is 4.39 Å². The van der Waals surface area contributed by atoms with Crippen LogP contribution in [0.3, 0.4) is 0 Å². The molecule has 6 heteroatoms. The lowest BCUT2D eigenvalue weighted by Gasteiger charge is -2.13. The van der Waals surface area contributed by atoms with Gasteiger partial charge in [0, 0.05) is 11.6 Å². The normalized spacial score (nSPS) is 11.8. The summed E-state index contributed by atoms with van der Waals surface area (Å²) >= 11 is 5.85. The molecule has 0 saturated heterocycles.